The number of anilines is 2. The number of rotatable bonds is 4. The molecule has 11 nitrogen and oxygen atoms in total. The van der Waals surface area contributed by atoms with E-state index in [1.807, 2.05) is 105 Å². The molecule has 0 radical (unpaired) electrons. The molecular formula is C40H32N8O3. The van der Waals surface area contributed by atoms with E-state index in [0.717, 1.165) is 83.4 Å². The number of benzene rings is 4. The minimum Gasteiger partial charge on any atom is -0.497 e. The average Bonchev–Trinajstić information content (AvgIpc) is 3.66. The van der Waals surface area contributed by atoms with Crippen molar-refractivity contribution >= 4 is 77.8 Å². The smallest absolute Gasteiger partial charge is 0.275 e. The first-order chi connectivity index (χ1) is 24.8. The standard InChI is InChI=1S/C21H15N5O.C19H17N3O2/c1-13-24-16-8-4-2-6-14(16)20-19(15-7-3-5-9-18(15)26(13)20)25-21(27)17-12-22-10-11-23-17;1-11-20-16-9-8-13(24-3)10-15(16)19-18(21-12(2)23)14-6-4-5-7-17(14)22(11)19/h2-12H,1H3,(H,25,27);4-10H,1-3H3,(H,21,23). The summed E-state index contributed by atoms with van der Waals surface area (Å²) in [7, 11) is 1.64. The fourth-order valence-corrected chi connectivity index (χ4v) is 6.83. The van der Waals surface area contributed by atoms with Crippen molar-refractivity contribution in [3.8, 4) is 5.75 Å². The molecule has 0 saturated carbocycles. The maximum Gasteiger partial charge on any atom is 0.275 e. The van der Waals surface area contributed by atoms with Crippen LogP contribution in [0.5, 0.6) is 5.75 Å². The molecule has 0 aliphatic carbocycles. The van der Waals surface area contributed by atoms with Gasteiger partial charge in [-0.3, -0.25) is 23.4 Å². The largest absolute Gasteiger partial charge is 0.497 e. The molecule has 0 saturated heterocycles. The summed E-state index contributed by atoms with van der Waals surface area (Å²) in [5, 5.41) is 9.93. The number of hydrogen-bond acceptors (Lipinski definition) is 7. The maximum atomic E-state index is 12.8. The first kappa shape index (κ1) is 31.4. The Balaban J connectivity index is 0.000000148. The number of nitrogens with one attached hydrogen (secondary N) is 2. The van der Waals surface area contributed by atoms with Crippen molar-refractivity contribution in [2.75, 3.05) is 17.7 Å². The van der Waals surface area contributed by atoms with Crippen molar-refractivity contribution in [1.82, 2.24) is 28.7 Å². The monoisotopic (exact) mass is 672 g/mol. The van der Waals surface area contributed by atoms with Crippen LogP contribution in [0.4, 0.5) is 11.4 Å². The van der Waals surface area contributed by atoms with Crippen LogP contribution in [0.1, 0.15) is 29.1 Å². The van der Waals surface area contributed by atoms with Crippen LogP contribution in [0, 0.1) is 13.8 Å². The van der Waals surface area contributed by atoms with E-state index in [1.165, 1.54) is 19.3 Å². The number of carbonyl (C=O) groups excluding carboxylic acids is 2. The van der Waals surface area contributed by atoms with Crippen molar-refractivity contribution in [3.63, 3.8) is 0 Å². The summed E-state index contributed by atoms with van der Waals surface area (Å²) in [6.45, 7) is 5.47. The molecule has 0 aliphatic heterocycles. The van der Waals surface area contributed by atoms with E-state index in [9.17, 15) is 9.59 Å². The van der Waals surface area contributed by atoms with Crippen LogP contribution in [0.25, 0.3) is 54.6 Å². The van der Waals surface area contributed by atoms with Gasteiger partial charge in [0.25, 0.3) is 5.91 Å². The molecule has 9 aromatic rings. The second kappa shape index (κ2) is 12.5. The van der Waals surface area contributed by atoms with Gasteiger partial charge in [-0.05, 0) is 50.2 Å². The summed E-state index contributed by atoms with van der Waals surface area (Å²) in [5.74, 6) is 2.10. The van der Waals surface area contributed by atoms with Crippen LogP contribution in [-0.4, -0.2) is 47.7 Å². The lowest BCUT2D eigenvalue weighted by Crippen LogP contribution is -2.14. The summed E-state index contributed by atoms with van der Waals surface area (Å²) in [5.41, 5.74) is 7.48. The Bertz CT molecular complexity index is 2820. The highest BCUT2D eigenvalue weighted by molar-refractivity contribution is 6.19. The maximum absolute atomic E-state index is 12.8. The Kier molecular flexibility index (Phi) is 7.72. The number of methoxy groups -OCH3 is 1. The van der Waals surface area contributed by atoms with Gasteiger partial charge in [0, 0.05) is 40.9 Å². The van der Waals surface area contributed by atoms with Gasteiger partial charge in [0.15, 0.2) is 0 Å². The molecule has 250 valence electrons. The molecule has 5 heterocycles. The topological polar surface area (TPSA) is 128 Å². The molecule has 11 heteroatoms. The summed E-state index contributed by atoms with van der Waals surface area (Å²) in [6.07, 6.45) is 4.51. The van der Waals surface area contributed by atoms with E-state index in [0.29, 0.717) is 0 Å². The molecule has 0 atom stereocenters. The van der Waals surface area contributed by atoms with Crippen LogP contribution in [0.15, 0.2) is 110 Å². The van der Waals surface area contributed by atoms with Crippen LogP contribution in [0.2, 0.25) is 0 Å². The molecular weight excluding hydrogens is 640 g/mol. The predicted molar refractivity (Wildman–Crippen MR) is 201 cm³/mol. The van der Waals surface area contributed by atoms with Gasteiger partial charge in [-0.15, -0.1) is 0 Å². The zero-order valence-electron chi connectivity index (χ0n) is 28.3. The van der Waals surface area contributed by atoms with Crippen molar-refractivity contribution in [1.29, 1.82) is 0 Å². The number of carbonyl (C=O) groups is 2. The van der Waals surface area contributed by atoms with E-state index in [4.69, 9.17) is 14.7 Å². The number of fused-ring (bicyclic) bond motifs is 10. The number of aryl methyl sites for hydroxylation is 2. The lowest BCUT2D eigenvalue weighted by Gasteiger charge is -2.09. The molecule has 2 N–H and O–H groups in total. The van der Waals surface area contributed by atoms with Crippen molar-refractivity contribution in [2.24, 2.45) is 0 Å². The van der Waals surface area contributed by atoms with Gasteiger partial charge >= 0.3 is 0 Å². The summed E-state index contributed by atoms with van der Waals surface area (Å²) in [4.78, 5) is 42.1. The number of aromatic nitrogens is 6. The van der Waals surface area contributed by atoms with E-state index < -0.39 is 0 Å². The molecule has 0 aliphatic rings. The number of amides is 2. The fraction of sp³-hybridized carbons (Fsp3) is 0.100. The Morgan fingerprint density at radius 1 is 0.667 bits per heavy atom. The van der Waals surface area contributed by atoms with Crippen LogP contribution < -0.4 is 15.4 Å². The highest BCUT2D eigenvalue weighted by Gasteiger charge is 2.20. The molecule has 0 fully saturated rings. The lowest BCUT2D eigenvalue weighted by atomic mass is 10.1. The molecule has 0 unspecified atom stereocenters. The average molecular weight is 673 g/mol. The lowest BCUT2D eigenvalue weighted by molar-refractivity contribution is -0.114. The number of ether oxygens (including phenoxy) is 1. The van der Waals surface area contributed by atoms with E-state index in [1.54, 1.807) is 13.3 Å². The third-order valence-corrected chi connectivity index (χ3v) is 8.91. The van der Waals surface area contributed by atoms with Gasteiger partial charge in [0.2, 0.25) is 5.91 Å². The second-order valence-electron chi connectivity index (χ2n) is 12.1. The Labute approximate surface area is 291 Å². The molecule has 0 bridgehead atoms. The minimum absolute atomic E-state index is 0.0984. The van der Waals surface area contributed by atoms with E-state index >= 15 is 0 Å². The molecule has 2 amide bonds. The highest BCUT2D eigenvalue weighted by Crippen LogP contribution is 2.38. The van der Waals surface area contributed by atoms with Gasteiger partial charge in [-0.2, -0.15) is 0 Å². The molecule has 0 spiro atoms. The quantitative estimate of drug-likeness (QED) is 0.195. The van der Waals surface area contributed by atoms with E-state index in [-0.39, 0.29) is 17.5 Å². The normalized spacial score (nSPS) is 11.3. The van der Waals surface area contributed by atoms with Crippen molar-refractivity contribution in [2.45, 2.75) is 20.8 Å². The summed E-state index contributed by atoms with van der Waals surface area (Å²) >= 11 is 0. The number of nitrogens with zero attached hydrogens (tertiary/aromatic N) is 6. The van der Waals surface area contributed by atoms with Crippen LogP contribution in [0.3, 0.4) is 0 Å². The Morgan fingerprint density at radius 2 is 1.24 bits per heavy atom. The van der Waals surface area contributed by atoms with Crippen molar-refractivity contribution in [3.05, 3.63) is 127 Å². The Morgan fingerprint density at radius 3 is 1.84 bits per heavy atom. The van der Waals surface area contributed by atoms with Gasteiger partial charge in [0.05, 0.1) is 57.8 Å². The molecule has 5 aromatic heterocycles. The van der Waals surface area contributed by atoms with Crippen LogP contribution in [-0.2, 0) is 4.79 Å². The summed E-state index contributed by atoms with van der Waals surface area (Å²) in [6, 6.07) is 29.7. The van der Waals surface area contributed by atoms with Gasteiger partial charge < -0.3 is 15.4 Å². The zero-order chi connectivity index (χ0) is 35.2. The van der Waals surface area contributed by atoms with Gasteiger partial charge in [-0.1, -0.05) is 54.6 Å². The first-order valence-corrected chi connectivity index (χ1v) is 16.3. The molecule has 4 aromatic carbocycles. The zero-order valence-corrected chi connectivity index (χ0v) is 28.3. The third kappa shape index (κ3) is 5.32. The Hall–Kier alpha value is -6.88. The fourth-order valence-electron chi connectivity index (χ4n) is 6.83. The predicted octanol–water partition coefficient (Wildman–Crippen LogP) is 7.91. The molecule has 9 rings (SSSR count). The summed E-state index contributed by atoms with van der Waals surface area (Å²) < 4.78 is 9.55. The van der Waals surface area contributed by atoms with Crippen LogP contribution >= 0.6 is 0 Å². The highest BCUT2D eigenvalue weighted by atomic mass is 16.5. The third-order valence-electron chi connectivity index (χ3n) is 8.91. The minimum atomic E-state index is -0.292. The van der Waals surface area contributed by atoms with Gasteiger partial charge in [-0.25, -0.2) is 15.0 Å². The SMILES string of the molecule is COc1ccc2nc(C)n3c4ccccc4c(NC(C)=O)c3c2c1.Cc1nc2ccccc2c2c(NC(=O)c3cnccn3)c3ccccc3n12. The first-order valence-electron chi connectivity index (χ1n) is 16.3. The second-order valence-corrected chi connectivity index (χ2v) is 12.1. The van der Waals surface area contributed by atoms with Crippen molar-refractivity contribution < 1.29 is 14.3 Å². The number of para-hydroxylation sites is 3. The van der Waals surface area contributed by atoms with Gasteiger partial charge in [0.1, 0.15) is 23.1 Å². The van der Waals surface area contributed by atoms with E-state index in [2.05, 4.69) is 29.4 Å². The number of hydrogen-bond donors (Lipinski definition) is 2. The molecule has 51 heavy (non-hydrogen) atoms.